The molecule has 1 N–H and O–H groups in total. The molecule has 1 fully saturated rings. The van der Waals surface area contributed by atoms with Gasteiger partial charge in [0.15, 0.2) is 0 Å². The summed E-state index contributed by atoms with van der Waals surface area (Å²) in [7, 11) is 1.69. The number of benzene rings is 1. The van der Waals surface area contributed by atoms with Gasteiger partial charge in [-0.25, -0.2) is 4.39 Å². The van der Waals surface area contributed by atoms with Crippen LogP contribution in [-0.4, -0.2) is 32.8 Å². The van der Waals surface area contributed by atoms with Crippen LogP contribution in [0, 0.1) is 5.82 Å². The number of nitrogens with one attached hydrogen (secondary N) is 1. The van der Waals surface area contributed by atoms with Crippen molar-refractivity contribution in [2.24, 2.45) is 0 Å². The van der Waals surface area contributed by atoms with Crippen LogP contribution in [0.15, 0.2) is 18.2 Å². The van der Waals surface area contributed by atoms with Gasteiger partial charge in [-0.2, -0.15) is 0 Å². The highest BCUT2D eigenvalue weighted by Crippen LogP contribution is 2.30. The molecule has 1 unspecified atom stereocenters. The fourth-order valence-electron chi connectivity index (χ4n) is 2.95. The van der Waals surface area contributed by atoms with E-state index in [4.69, 9.17) is 4.74 Å². The molecule has 1 heterocycles. The average Bonchev–Trinajstić information content (AvgIpc) is 2.92. The minimum absolute atomic E-state index is 0.162. The molecule has 4 heteroatoms. The van der Waals surface area contributed by atoms with E-state index in [1.165, 1.54) is 18.5 Å². The number of methoxy groups -OCH3 is 1. The third-order valence-electron chi connectivity index (χ3n) is 4.00. The van der Waals surface area contributed by atoms with E-state index in [0.29, 0.717) is 19.2 Å². The first-order chi connectivity index (χ1) is 9.76. The molecular weight excluding hydrogens is 255 g/mol. The number of rotatable bonds is 7. The second-order valence-corrected chi connectivity index (χ2v) is 5.34. The fourth-order valence-corrected chi connectivity index (χ4v) is 2.95. The Morgan fingerprint density at radius 1 is 1.45 bits per heavy atom. The van der Waals surface area contributed by atoms with Crippen molar-refractivity contribution in [3.05, 3.63) is 29.6 Å². The maximum absolute atomic E-state index is 13.5. The van der Waals surface area contributed by atoms with E-state index in [1.54, 1.807) is 19.2 Å². The Morgan fingerprint density at radius 2 is 2.30 bits per heavy atom. The van der Waals surface area contributed by atoms with Crippen LogP contribution in [0.2, 0.25) is 0 Å². The monoisotopic (exact) mass is 280 g/mol. The van der Waals surface area contributed by atoms with Crippen molar-refractivity contribution in [1.82, 2.24) is 5.32 Å². The van der Waals surface area contributed by atoms with Crippen molar-refractivity contribution in [3.63, 3.8) is 0 Å². The van der Waals surface area contributed by atoms with Crippen LogP contribution < -0.4 is 10.2 Å². The maximum Gasteiger partial charge on any atom is 0.123 e. The third kappa shape index (κ3) is 3.70. The lowest BCUT2D eigenvalue weighted by Crippen LogP contribution is -2.30. The first kappa shape index (κ1) is 15.3. The predicted molar refractivity (Wildman–Crippen MR) is 80.6 cm³/mol. The lowest BCUT2D eigenvalue weighted by atomic mass is 10.1. The van der Waals surface area contributed by atoms with E-state index in [2.05, 4.69) is 17.1 Å². The molecule has 0 radical (unpaired) electrons. The first-order valence-electron chi connectivity index (χ1n) is 7.51. The molecule has 0 aliphatic carbocycles. The molecule has 2 rings (SSSR count). The van der Waals surface area contributed by atoms with Crippen LogP contribution in [0.3, 0.4) is 0 Å². The molecule has 1 aliphatic rings. The Morgan fingerprint density at radius 3 is 3.05 bits per heavy atom. The standard InChI is InChI=1S/C16H25FN2O/c1-3-15-5-4-9-19(15)16-7-6-14(17)11-13(16)12-18-8-10-20-2/h6-7,11,15,18H,3-5,8-10,12H2,1-2H3. The van der Waals surface area contributed by atoms with Crippen molar-refractivity contribution < 1.29 is 9.13 Å². The van der Waals surface area contributed by atoms with Gasteiger partial charge in [0, 0.05) is 38.5 Å². The Balaban J connectivity index is 2.10. The van der Waals surface area contributed by atoms with Crippen molar-refractivity contribution in [2.45, 2.75) is 38.8 Å². The molecule has 1 saturated heterocycles. The maximum atomic E-state index is 13.5. The van der Waals surface area contributed by atoms with Crippen molar-refractivity contribution in [3.8, 4) is 0 Å². The van der Waals surface area contributed by atoms with Crippen molar-refractivity contribution in [1.29, 1.82) is 0 Å². The van der Waals surface area contributed by atoms with Gasteiger partial charge in [-0.05, 0) is 43.0 Å². The summed E-state index contributed by atoms with van der Waals surface area (Å²) in [6.07, 6.45) is 3.62. The number of nitrogens with zero attached hydrogens (tertiary/aromatic N) is 1. The lowest BCUT2D eigenvalue weighted by Gasteiger charge is -2.28. The van der Waals surface area contributed by atoms with Crippen LogP contribution in [0.5, 0.6) is 0 Å². The molecule has 0 saturated carbocycles. The molecule has 1 aliphatic heterocycles. The van der Waals surface area contributed by atoms with Crippen LogP contribution in [0.1, 0.15) is 31.7 Å². The van der Waals surface area contributed by atoms with Crippen LogP contribution in [0.4, 0.5) is 10.1 Å². The fraction of sp³-hybridized carbons (Fsp3) is 0.625. The lowest BCUT2D eigenvalue weighted by molar-refractivity contribution is 0.199. The van der Waals surface area contributed by atoms with Gasteiger partial charge in [0.05, 0.1) is 6.61 Å². The van der Waals surface area contributed by atoms with E-state index in [9.17, 15) is 4.39 Å². The number of ether oxygens (including phenoxy) is 1. The molecule has 0 amide bonds. The van der Waals surface area contributed by atoms with Gasteiger partial charge in [0.25, 0.3) is 0 Å². The van der Waals surface area contributed by atoms with E-state index in [0.717, 1.165) is 25.1 Å². The smallest absolute Gasteiger partial charge is 0.123 e. The minimum atomic E-state index is -0.162. The molecule has 0 bridgehead atoms. The van der Waals surface area contributed by atoms with E-state index in [-0.39, 0.29) is 5.82 Å². The normalized spacial score (nSPS) is 18.8. The molecule has 1 atom stereocenters. The number of halogens is 1. The summed E-state index contributed by atoms with van der Waals surface area (Å²) in [4.78, 5) is 2.44. The van der Waals surface area contributed by atoms with Crippen LogP contribution in [-0.2, 0) is 11.3 Å². The summed E-state index contributed by atoms with van der Waals surface area (Å²) in [5.41, 5.74) is 2.22. The minimum Gasteiger partial charge on any atom is -0.383 e. The van der Waals surface area contributed by atoms with Gasteiger partial charge < -0.3 is 15.0 Å². The second-order valence-electron chi connectivity index (χ2n) is 5.34. The average molecular weight is 280 g/mol. The summed E-state index contributed by atoms with van der Waals surface area (Å²) in [6.45, 7) is 5.44. The third-order valence-corrected chi connectivity index (χ3v) is 4.00. The molecule has 1 aromatic rings. The van der Waals surface area contributed by atoms with Crippen LogP contribution in [0.25, 0.3) is 0 Å². The SMILES string of the molecule is CCC1CCCN1c1ccc(F)cc1CNCCOC. The van der Waals surface area contributed by atoms with Gasteiger partial charge >= 0.3 is 0 Å². The highest BCUT2D eigenvalue weighted by atomic mass is 19.1. The Bertz CT molecular complexity index is 425. The van der Waals surface area contributed by atoms with Gasteiger partial charge in [-0.15, -0.1) is 0 Å². The van der Waals surface area contributed by atoms with E-state index >= 15 is 0 Å². The van der Waals surface area contributed by atoms with E-state index in [1.807, 2.05) is 6.07 Å². The number of anilines is 1. The van der Waals surface area contributed by atoms with Gasteiger partial charge in [-0.3, -0.25) is 0 Å². The summed E-state index contributed by atoms with van der Waals surface area (Å²) in [5, 5.41) is 3.31. The van der Waals surface area contributed by atoms with Gasteiger partial charge in [0.1, 0.15) is 5.82 Å². The molecule has 112 valence electrons. The second kappa shape index (κ2) is 7.60. The van der Waals surface area contributed by atoms with Crippen molar-refractivity contribution in [2.75, 3.05) is 31.7 Å². The molecule has 3 nitrogen and oxygen atoms in total. The number of hydrogen-bond donors (Lipinski definition) is 1. The van der Waals surface area contributed by atoms with Crippen LogP contribution >= 0.6 is 0 Å². The quantitative estimate of drug-likeness (QED) is 0.777. The highest BCUT2D eigenvalue weighted by Gasteiger charge is 2.24. The summed E-state index contributed by atoms with van der Waals surface area (Å²) < 4.78 is 18.5. The molecule has 0 spiro atoms. The zero-order valence-corrected chi connectivity index (χ0v) is 12.5. The predicted octanol–water partition coefficient (Wildman–Crippen LogP) is 2.94. The molecular formula is C16H25FN2O. The summed E-state index contributed by atoms with van der Waals surface area (Å²) in [5.74, 6) is -0.162. The van der Waals surface area contributed by atoms with Gasteiger partial charge in [0.2, 0.25) is 0 Å². The molecule has 1 aromatic carbocycles. The first-order valence-corrected chi connectivity index (χ1v) is 7.51. The highest BCUT2D eigenvalue weighted by molar-refractivity contribution is 5.55. The Labute approximate surface area is 121 Å². The Hall–Kier alpha value is -1.13. The van der Waals surface area contributed by atoms with Gasteiger partial charge in [-0.1, -0.05) is 6.92 Å². The van der Waals surface area contributed by atoms with Crippen molar-refractivity contribution >= 4 is 5.69 Å². The summed E-state index contributed by atoms with van der Waals surface area (Å²) >= 11 is 0. The number of hydrogen-bond acceptors (Lipinski definition) is 3. The Kier molecular flexibility index (Phi) is 5.80. The zero-order valence-electron chi connectivity index (χ0n) is 12.5. The largest absolute Gasteiger partial charge is 0.383 e. The molecule has 0 aromatic heterocycles. The summed E-state index contributed by atoms with van der Waals surface area (Å²) in [6, 6.07) is 5.74. The zero-order chi connectivity index (χ0) is 14.4. The van der Waals surface area contributed by atoms with E-state index < -0.39 is 0 Å². The molecule has 20 heavy (non-hydrogen) atoms. The topological polar surface area (TPSA) is 24.5 Å².